The first-order chi connectivity index (χ1) is 8.65. The molecule has 106 valence electrons. The highest BCUT2D eigenvalue weighted by molar-refractivity contribution is 4.85. The molecule has 0 amide bonds. The van der Waals surface area contributed by atoms with Crippen LogP contribution in [0.2, 0.25) is 0 Å². The maximum absolute atomic E-state index is 5.39. The van der Waals surface area contributed by atoms with E-state index in [-0.39, 0.29) is 0 Å². The number of hydrogen-bond donors (Lipinski definition) is 1. The van der Waals surface area contributed by atoms with E-state index in [0.29, 0.717) is 18.1 Å². The van der Waals surface area contributed by atoms with Crippen LogP contribution in [0.4, 0.5) is 0 Å². The Hall–Kier alpha value is -0.160. The Morgan fingerprint density at radius 2 is 1.89 bits per heavy atom. The van der Waals surface area contributed by atoms with Gasteiger partial charge in [0, 0.05) is 44.3 Å². The third-order valence-corrected chi connectivity index (χ3v) is 4.11. The molecule has 18 heavy (non-hydrogen) atoms. The minimum atomic E-state index is 0.584. The second-order valence-corrected chi connectivity index (χ2v) is 6.05. The fourth-order valence-electron chi connectivity index (χ4n) is 3.02. The van der Waals surface area contributed by atoms with Crippen LogP contribution < -0.4 is 5.32 Å². The number of likely N-dealkylation sites (tertiary alicyclic amines) is 1. The highest BCUT2D eigenvalue weighted by Gasteiger charge is 2.25. The fourth-order valence-corrected chi connectivity index (χ4v) is 3.02. The van der Waals surface area contributed by atoms with Gasteiger partial charge in [-0.1, -0.05) is 0 Å². The smallest absolute Gasteiger partial charge is 0.0594 e. The average molecular weight is 255 g/mol. The zero-order valence-electron chi connectivity index (χ0n) is 12.2. The molecule has 2 fully saturated rings. The van der Waals surface area contributed by atoms with E-state index in [2.05, 4.69) is 35.9 Å². The number of ether oxygens (including phenoxy) is 1. The van der Waals surface area contributed by atoms with Gasteiger partial charge in [0.1, 0.15) is 0 Å². The monoisotopic (exact) mass is 255 g/mol. The summed E-state index contributed by atoms with van der Waals surface area (Å²) in [5.41, 5.74) is 0. The molecule has 0 aromatic carbocycles. The van der Waals surface area contributed by atoms with Gasteiger partial charge in [0.2, 0.25) is 0 Å². The number of rotatable bonds is 5. The first kappa shape index (κ1) is 14.3. The van der Waals surface area contributed by atoms with E-state index in [1.807, 2.05) is 0 Å². The molecular formula is C14H29N3O. The second kappa shape index (κ2) is 6.85. The first-order valence-electron chi connectivity index (χ1n) is 7.45. The summed E-state index contributed by atoms with van der Waals surface area (Å²) in [5, 5.41) is 3.79. The van der Waals surface area contributed by atoms with Gasteiger partial charge >= 0.3 is 0 Å². The zero-order chi connectivity index (χ0) is 13.0. The zero-order valence-corrected chi connectivity index (χ0v) is 12.2. The van der Waals surface area contributed by atoms with E-state index in [1.54, 1.807) is 0 Å². The van der Waals surface area contributed by atoms with E-state index in [4.69, 9.17) is 4.74 Å². The van der Waals surface area contributed by atoms with Crippen molar-refractivity contribution in [2.45, 2.75) is 45.3 Å². The Kier molecular flexibility index (Phi) is 5.42. The Bertz CT molecular complexity index is 241. The molecule has 0 saturated carbocycles. The largest absolute Gasteiger partial charge is 0.379 e. The summed E-state index contributed by atoms with van der Waals surface area (Å²) in [7, 11) is 0. The molecular weight excluding hydrogens is 226 g/mol. The molecule has 0 aromatic heterocycles. The van der Waals surface area contributed by atoms with Crippen LogP contribution in [0.15, 0.2) is 0 Å². The second-order valence-electron chi connectivity index (χ2n) is 6.05. The van der Waals surface area contributed by atoms with Crippen LogP contribution in [0, 0.1) is 0 Å². The lowest BCUT2D eigenvalue weighted by Crippen LogP contribution is -2.48. The summed E-state index contributed by atoms with van der Waals surface area (Å²) < 4.78 is 5.39. The summed E-state index contributed by atoms with van der Waals surface area (Å²) in [6.45, 7) is 14.5. The van der Waals surface area contributed by atoms with Gasteiger partial charge in [-0.2, -0.15) is 0 Å². The van der Waals surface area contributed by atoms with Gasteiger partial charge in [0.05, 0.1) is 13.2 Å². The molecule has 2 heterocycles. The molecule has 2 saturated heterocycles. The van der Waals surface area contributed by atoms with Crippen LogP contribution in [0.25, 0.3) is 0 Å². The number of morpholine rings is 1. The minimum Gasteiger partial charge on any atom is -0.379 e. The average Bonchev–Trinajstić information content (AvgIpc) is 2.78. The molecule has 0 aliphatic carbocycles. The molecule has 2 unspecified atom stereocenters. The fraction of sp³-hybridized carbons (Fsp3) is 1.00. The number of nitrogens with one attached hydrogen (secondary N) is 1. The van der Waals surface area contributed by atoms with E-state index < -0.39 is 0 Å². The molecule has 2 aliphatic rings. The molecule has 0 spiro atoms. The van der Waals surface area contributed by atoms with Gasteiger partial charge in [-0.25, -0.2) is 0 Å². The molecule has 0 aromatic rings. The van der Waals surface area contributed by atoms with E-state index in [9.17, 15) is 0 Å². The molecule has 0 bridgehead atoms. The minimum absolute atomic E-state index is 0.584. The van der Waals surface area contributed by atoms with Crippen LogP contribution in [-0.2, 0) is 4.74 Å². The lowest BCUT2D eigenvalue weighted by molar-refractivity contribution is 0.0339. The molecule has 1 N–H and O–H groups in total. The third-order valence-electron chi connectivity index (χ3n) is 4.11. The van der Waals surface area contributed by atoms with Crippen molar-refractivity contribution in [1.82, 2.24) is 15.1 Å². The van der Waals surface area contributed by atoms with E-state index >= 15 is 0 Å². The maximum atomic E-state index is 5.39. The highest BCUT2D eigenvalue weighted by atomic mass is 16.5. The molecule has 4 nitrogen and oxygen atoms in total. The van der Waals surface area contributed by atoms with Gasteiger partial charge in [0.15, 0.2) is 0 Å². The van der Waals surface area contributed by atoms with E-state index in [1.165, 1.54) is 19.5 Å². The van der Waals surface area contributed by atoms with Crippen molar-refractivity contribution >= 4 is 0 Å². The molecule has 4 heteroatoms. The first-order valence-corrected chi connectivity index (χ1v) is 7.45. The van der Waals surface area contributed by atoms with E-state index in [0.717, 1.165) is 32.8 Å². The lowest BCUT2D eigenvalue weighted by Gasteiger charge is -2.30. The SMILES string of the molecule is CC(CN1CCOCC1)NC1CCN(C(C)C)C1. The predicted octanol–water partition coefficient (Wildman–Crippen LogP) is 0.779. The Morgan fingerprint density at radius 1 is 1.17 bits per heavy atom. The standard InChI is InChI=1S/C14H29N3O/c1-12(2)17-5-4-14(11-17)15-13(3)10-16-6-8-18-9-7-16/h12-15H,4-11H2,1-3H3. The van der Waals surface area contributed by atoms with Gasteiger partial charge in [-0.05, 0) is 33.7 Å². The van der Waals surface area contributed by atoms with Crippen molar-refractivity contribution in [3.63, 3.8) is 0 Å². The molecule has 0 radical (unpaired) electrons. The topological polar surface area (TPSA) is 27.7 Å². The molecule has 2 rings (SSSR count). The highest BCUT2D eigenvalue weighted by Crippen LogP contribution is 2.13. The molecule has 2 atom stereocenters. The Morgan fingerprint density at radius 3 is 2.50 bits per heavy atom. The number of hydrogen-bond acceptors (Lipinski definition) is 4. The Labute approximate surface area is 112 Å². The van der Waals surface area contributed by atoms with Crippen LogP contribution >= 0.6 is 0 Å². The van der Waals surface area contributed by atoms with Crippen molar-refractivity contribution in [1.29, 1.82) is 0 Å². The van der Waals surface area contributed by atoms with Crippen LogP contribution in [0.5, 0.6) is 0 Å². The van der Waals surface area contributed by atoms with Crippen molar-refractivity contribution in [3.05, 3.63) is 0 Å². The van der Waals surface area contributed by atoms with Gasteiger partial charge in [-0.15, -0.1) is 0 Å². The van der Waals surface area contributed by atoms with Crippen molar-refractivity contribution in [3.8, 4) is 0 Å². The Balaban J connectivity index is 1.66. The summed E-state index contributed by atoms with van der Waals surface area (Å²) in [4.78, 5) is 5.08. The van der Waals surface area contributed by atoms with Crippen molar-refractivity contribution in [2.24, 2.45) is 0 Å². The summed E-state index contributed by atoms with van der Waals surface area (Å²) in [5.74, 6) is 0. The van der Waals surface area contributed by atoms with Gasteiger partial charge in [-0.3, -0.25) is 9.80 Å². The summed E-state index contributed by atoms with van der Waals surface area (Å²) >= 11 is 0. The quantitative estimate of drug-likeness (QED) is 0.786. The normalized spacial score (nSPS) is 29.0. The van der Waals surface area contributed by atoms with Crippen LogP contribution in [-0.4, -0.2) is 73.9 Å². The number of nitrogens with zero attached hydrogens (tertiary/aromatic N) is 2. The third kappa shape index (κ3) is 4.19. The van der Waals surface area contributed by atoms with Crippen LogP contribution in [0.3, 0.4) is 0 Å². The van der Waals surface area contributed by atoms with Gasteiger partial charge < -0.3 is 10.1 Å². The van der Waals surface area contributed by atoms with Crippen LogP contribution in [0.1, 0.15) is 27.2 Å². The van der Waals surface area contributed by atoms with Crippen molar-refractivity contribution < 1.29 is 4.74 Å². The molecule has 2 aliphatic heterocycles. The summed E-state index contributed by atoms with van der Waals surface area (Å²) in [6.07, 6.45) is 1.30. The lowest BCUT2D eigenvalue weighted by atomic mass is 10.2. The predicted molar refractivity (Wildman–Crippen MR) is 75.0 cm³/mol. The van der Waals surface area contributed by atoms with Crippen molar-refractivity contribution in [2.75, 3.05) is 45.9 Å². The van der Waals surface area contributed by atoms with Gasteiger partial charge in [0.25, 0.3) is 0 Å². The maximum Gasteiger partial charge on any atom is 0.0594 e. The summed E-state index contributed by atoms with van der Waals surface area (Å²) in [6, 6.07) is 1.95.